The Bertz CT molecular complexity index is 287. The SMILES string of the molecule is CC1(C(=O)OC(=O)C2CCCO2)CCCO1. The second kappa shape index (κ2) is 4.51. The van der Waals surface area contributed by atoms with Gasteiger partial charge in [-0.25, -0.2) is 9.59 Å². The smallest absolute Gasteiger partial charge is 0.345 e. The summed E-state index contributed by atoms with van der Waals surface area (Å²) in [6, 6.07) is 0. The Hall–Kier alpha value is -0.940. The lowest BCUT2D eigenvalue weighted by molar-refractivity contribution is -0.178. The van der Waals surface area contributed by atoms with Gasteiger partial charge >= 0.3 is 11.9 Å². The molecule has 0 aromatic rings. The van der Waals surface area contributed by atoms with Gasteiger partial charge in [0.05, 0.1) is 0 Å². The summed E-state index contributed by atoms with van der Waals surface area (Å²) in [6.45, 7) is 2.76. The summed E-state index contributed by atoms with van der Waals surface area (Å²) in [4.78, 5) is 23.2. The van der Waals surface area contributed by atoms with Gasteiger partial charge in [-0.2, -0.15) is 0 Å². The van der Waals surface area contributed by atoms with Gasteiger partial charge in [-0.15, -0.1) is 0 Å². The van der Waals surface area contributed by atoms with Crippen molar-refractivity contribution in [1.29, 1.82) is 0 Å². The number of ether oxygens (including phenoxy) is 3. The normalized spacial score (nSPS) is 33.9. The number of carbonyl (C=O) groups is 2. The van der Waals surface area contributed by atoms with Gasteiger partial charge in [0.1, 0.15) is 0 Å². The lowest BCUT2D eigenvalue weighted by atomic mass is 10.0. The molecule has 0 radical (unpaired) electrons. The zero-order valence-corrected chi connectivity index (χ0v) is 9.36. The summed E-state index contributed by atoms with van der Waals surface area (Å²) >= 11 is 0. The van der Waals surface area contributed by atoms with Crippen molar-refractivity contribution in [2.45, 2.75) is 44.3 Å². The fourth-order valence-electron chi connectivity index (χ4n) is 1.97. The monoisotopic (exact) mass is 228 g/mol. The predicted molar refractivity (Wildman–Crippen MR) is 53.7 cm³/mol. The van der Waals surface area contributed by atoms with Crippen molar-refractivity contribution >= 4 is 11.9 Å². The van der Waals surface area contributed by atoms with Crippen LogP contribution < -0.4 is 0 Å². The summed E-state index contributed by atoms with van der Waals surface area (Å²) in [7, 11) is 0. The van der Waals surface area contributed by atoms with Crippen LogP contribution in [0.15, 0.2) is 0 Å². The van der Waals surface area contributed by atoms with E-state index in [9.17, 15) is 9.59 Å². The van der Waals surface area contributed by atoms with Crippen LogP contribution in [0.25, 0.3) is 0 Å². The first-order valence-corrected chi connectivity index (χ1v) is 5.63. The van der Waals surface area contributed by atoms with Crippen LogP contribution in [-0.4, -0.2) is 36.9 Å². The van der Waals surface area contributed by atoms with Crippen LogP contribution in [0.5, 0.6) is 0 Å². The van der Waals surface area contributed by atoms with Crippen molar-refractivity contribution in [3.8, 4) is 0 Å². The van der Waals surface area contributed by atoms with Gasteiger partial charge in [0.25, 0.3) is 0 Å². The molecule has 2 rings (SSSR count). The Morgan fingerprint density at radius 3 is 2.69 bits per heavy atom. The van der Waals surface area contributed by atoms with E-state index in [-0.39, 0.29) is 0 Å². The average Bonchev–Trinajstić information content (AvgIpc) is 2.88. The molecular weight excluding hydrogens is 212 g/mol. The topological polar surface area (TPSA) is 61.8 Å². The van der Waals surface area contributed by atoms with Crippen molar-refractivity contribution in [3.63, 3.8) is 0 Å². The van der Waals surface area contributed by atoms with Crippen molar-refractivity contribution in [3.05, 3.63) is 0 Å². The largest absolute Gasteiger partial charge is 0.389 e. The van der Waals surface area contributed by atoms with E-state index >= 15 is 0 Å². The van der Waals surface area contributed by atoms with Crippen molar-refractivity contribution < 1.29 is 23.8 Å². The number of esters is 2. The molecule has 16 heavy (non-hydrogen) atoms. The van der Waals surface area contributed by atoms with Crippen LogP contribution in [0.4, 0.5) is 0 Å². The third-order valence-corrected chi connectivity index (χ3v) is 3.04. The Kier molecular flexibility index (Phi) is 3.25. The van der Waals surface area contributed by atoms with Crippen LogP contribution in [0, 0.1) is 0 Å². The number of rotatable bonds is 2. The third kappa shape index (κ3) is 2.25. The molecule has 5 nitrogen and oxygen atoms in total. The second-order valence-corrected chi connectivity index (χ2v) is 4.39. The van der Waals surface area contributed by atoms with Crippen molar-refractivity contribution in [1.82, 2.24) is 0 Å². The molecular formula is C11H16O5. The summed E-state index contributed by atoms with van der Waals surface area (Å²) in [5.41, 5.74) is -0.950. The highest BCUT2D eigenvalue weighted by molar-refractivity contribution is 5.92. The van der Waals surface area contributed by atoms with Gasteiger partial charge in [-0.3, -0.25) is 0 Å². The first-order chi connectivity index (χ1) is 7.62. The van der Waals surface area contributed by atoms with E-state index in [1.807, 2.05) is 0 Å². The molecule has 2 saturated heterocycles. The van der Waals surface area contributed by atoms with Crippen LogP contribution in [0.3, 0.4) is 0 Å². The molecule has 2 fully saturated rings. The molecule has 0 aromatic carbocycles. The maximum Gasteiger partial charge on any atom is 0.345 e. The van der Waals surface area contributed by atoms with E-state index in [2.05, 4.69) is 0 Å². The Balaban J connectivity index is 1.88. The number of hydrogen-bond acceptors (Lipinski definition) is 5. The third-order valence-electron chi connectivity index (χ3n) is 3.04. The quantitative estimate of drug-likeness (QED) is 0.517. The van der Waals surface area contributed by atoms with Gasteiger partial charge in [0.2, 0.25) is 0 Å². The first kappa shape index (κ1) is 11.5. The van der Waals surface area contributed by atoms with Crippen LogP contribution in [0.1, 0.15) is 32.6 Å². The predicted octanol–water partition coefficient (Wildman–Crippen LogP) is 0.804. The van der Waals surface area contributed by atoms with E-state index in [4.69, 9.17) is 14.2 Å². The lowest BCUT2D eigenvalue weighted by Gasteiger charge is -2.20. The fraction of sp³-hybridized carbons (Fsp3) is 0.818. The highest BCUT2D eigenvalue weighted by Gasteiger charge is 2.41. The molecule has 0 N–H and O–H groups in total. The van der Waals surface area contributed by atoms with Crippen molar-refractivity contribution in [2.24, 2.45) is 0 Å². The summed E-state index contributed by atoms with van der Waals surface area (Å²) in [5, 5.41) is 0. The highest BCUT2D eigenvalue weighted by Crippen LogP contribution is 2.27. The summed E-state index contributed by atoms with van der Waals surface area (Å²) in [5.74, 6) is -1.18. The van der Waals surface area contributed by atoms with Gasteiger partial charge in [0.15, 0.2) is 11.7 Å². The molecule has 0 saturated carbocycles. The number of carbonyl (C=O) groups excluding carboxylic acids is 2. The van der Waals surface area contributed by atoms with Gasteiger partial charge in [-0.1, -0.05) is 0 Å². The molecule has 90 valence electrons. The van der Waals surface area contributed by atoms with E-state index in [1.165, 1.54) is 0 Å². The summed E-state index contributed by atoms with van der Waals surface area (Å²) < 4.78 is 15.2. The number of hydrogen-bond donors (Lipinski definition) is 0. The van der Waals surface area contributed by atoms with Crippen LogP contribution in [0.2, 0.25) is 0 Å². The van der Waals surface area contributed by atoms with Crippen LogP contribution >= 0.6 is 0 Å². The molecule has 0 aromatic heterocycles. The standard InChI is InChI=1S/C11H16O5/c1-11(5-3-7-15-11)10(13)16-9(12)8-4-2-6-14-8/h8H,2-7H2,1H3. The van der Waals surface area contributed by atoms with E-state index in [0.29, 0.717) is 26.1 Å². The first-order valence-electron chi connectivity index (χ1n) is 5.63. The molecule has 0 spiro atoms. The minimum Gasteiger partial charge on any atom is -0.389 e. The average molecular weight is 228 g/mol. The van der Waals surface area contributed by atoms with E-state index in [0.717, 1.165) is 12.8 Å². The molecule has 0 amide bonds. The Morgan fingerprint density at radius 2 is 2.12 bits per heavy atom. The zero-order valence-electron chi connectivity index (χ0n) is 9.36. The molecule has 0 bridgehead atoms. The molecule has 2 aliphatic heterocycles. The summed E-state index contributed by atoms with van der Waals surface area (Å²) in [6.07, 6.45) is 2.31. The fourth-order valence-corrected chi connectivity index (χ4v) is 1.97. The van der Waals surface area contributed by atoms with Gasteiger partial charge in [0, 0.05) is 13.2 Å². The van der Waals surface area contributed by atoms with E-state index in [1.54, 1.807) is 6.92 Å². The molecule has 2 heterocycles. The molecule has 2 unspecified atom stereocenters. The van der Waals surface area contributed by atoms with Crippen LogP contribution in [-0.2, 0) is 23.8 Å². The zero-order chi connectivity index (χ0) is 11.6. The van der Waals surface area contributed by atoms with Gasteiger partial charge in [-0.05, 0) is 32.6 Å². The minimum atomic E-state index is -0.950. The molecule has 5 heteroatoms. The highest BCUT2D eigenvalue weighted by atomic mass is 16.6. The van der Waals surface area contributed by atoms with E-state index < -0.39 is 23.6 Å². The Morgan fingerprint density at radius 1 is 1.31 bits per heavy atom. The molecule has 2 aliphatic rings. The maximum absolute atomic E-state index is 11.7. The van der Waals surface area contributed by atoms with Gasteiger partial charge < -0.3 is 14.2 Å². The molecule has 2 atom stereocenters. The Labute approximate surface area is 94.0 Å². The second-order valence-electron chi connectivity index (χ2n) is 4.39. The maximum atomic E-state index is 11.7. The van der Waals surface area contributed by atoms with Crippen molar-refractivity contribution in [2.75, 3.05) is 13.2 Å². The molecule has 0 aliphatic carbocycles. The minimum absolute atomic E-state index is 0.541. The lowest BCUT2D eigenvalue weighted by Crippen LogP contribution is -2.39.